The molecule has 0 radical (unpaired) electrons. The molecular formula is C17H27FN2OS. The summed E-state index contributed by atoms with van der Waals surface area (Å²) in [6, 6.07) is 5.65. The van der Waals surface area contributed by atoms with Crippen LogP contribution in [0.3, 0.4) is 0 Å². The molecule has 1 atom stereocenters. The van der Waals surface area contributed by atoms with Crippen LogP contribution < -0.4 is 5.32 Å². The number of benzene rings is 1. The van der Waals surface area contributed by atoms with Gasteiger partial charge < -0.3 is 15.3 Å². The maximum atomic E-state index is 13.8. The van der Waals surface area contributed by atoms with Gasteiger partial charge in [-0.1, -0.05) is 6.07 Å². The zero-order chi connectivity index (χ0) is 15.9. The van der Waals surface area contributed by atoms with Crippen LogP contribution in [-0.4, -0.2) is 48.5 Å². The maximum Gasteiger partial charge on any atom is 0.137 e. The second kappa shape index (κ2) is 8.87. The van der Waals surface area contributed by atoms with Gasteiger partial charge in [0.2, 0.25) is 0 Å². The van der Waals surface area contributed by atoms with Gasteiger partial charge in [-0.15, -0.1) is 11.8 Å². The number of nitrogens with one attached hydrogen (secondary N) is 1. The Morgan fingerprint density at radius 1 is 1.41 bits per heavy atom. The summed E-state index contributed by atoms with van der Waals surface area (Å²) in [7, 11) is 0. The van der Waals surface area contributed by atoms with Crippen LogP contribution in [0.1, 0.15) is 37.8 Å². The number of aliphatic hydroxyl groups is 1. The van der Waals surface area contributed by atoms with E-state index in [1.165, 1.54) is 11.8 Å². The van der Waals surface area contributed by atoms with E-state index in [1.54, 1.807) is 6.07 Å². The summed E-state index contributed by atoms with van der Waals surface area (Å²) >= 11 is 1.43. The average molecular weight is 326 g/mol. The van der Waals surface area contributed by atoms with Crippen molar-refractivity contribution in [3.63, 3.8) is 0 Å². The lowest BCUT2D eigenvalue weighted by molar-refractivity contribution is 0.0820. The Labute approximate surface area is 137 Å². The lowest BCUT2D eigenvalue weighted by Crippen LogP contribution is -2.37. The van der Waals surface area contributed by atoms with E-state index in [0.717, 1.165) is 51.0 Å². The van der Waals surface area contributed by atoms with Gasteiger partial charge in [0.05, 0.1) is 6.10 Å². The van der Waals surface area contributed by atoms with E-state index in [0.29, 0.717) is 4.90 Å². The molecule has 5 heteroatoms. The summed E-state index contributed by atoms with van der Waals surface area (Å²) < 4.78 is 13.8. The smallest absolute Gasteiger partial charge is 0.137 e. The second-order valence-corrected chi connectivity index (χ2v) is 6.84. The number of hydrogen-bond donors (Lipinski definition) is 2. The van der Waals surface area contributed by atoms with Gasteiger partial charge in [-0.05, 0) is 63.2 Å². The molecule has 0 saturated carbocycles. The van der Waals surface area contributed by atoms with Gasteiger partial charge in [-0.3, -0.25) is 0 Å². The monoisotopic (exact) mass is 326 g/mol. The molecule has 124 valence electrons. The highest BCUT2D eigenvalue weighted by Crippen LogP contribution is 2.23. The van der Waals surface area contributed by atoms with E-state index >= 15 is 0 Å². The Kier molecular flexibility index (Phi) is 7.15. The molecule has 1 aromatic carbocycles. The average Bonchev–Trinajstić information content (AvgIpc) is 2.53. The third kappa shape index (κ3) is 5.23. The van der Waals surface area contributed by atoms with Crippen molar-refractivity contribution in [3.8, 4) is 0 Å². The van der Waals surface area contributed by atoms with Crippen LogP contribution in [0, 0.1) is 5.82 Å². The molecule has 1 fully saturated rings. The Morgan fingerprint density at radius 2 is 2.14 bits per heavy atom. The standard InChI is InChI=1S/C17H27FN2OS/c1-13(14-4-5-17(22-2)16(18)12-14)19-8-3-9-20-10-6-15(21)7-11-20/h4-5,12-13,15,19,21H,3,6-11H2,1-2H3. The zero-order valence-corrected chi connectivity index (χ0v) is 14.3. The first-order valence-electron chi connectivity index (χ1n) is 8.07. The van der Waals surface area contributed by atoms with Gasteiger partial charge in [0.25, 0.3) is 0 Å². The second-order valence-electron chi connectivity index (χ2n) is 6.00. The number of likely N-dealkylation sites (tertiary alicyclic amines) is 1. The van der Waals surface area contributed by atoms with E-state index in [-0.39, 0.29) is 18.0 Å². The predicted molar refractivity (Wildman–Crippen MR) is 90.9 cm³/mol. The molecule has 22 heavy (non-hydrogen) atoms. The lowest BCUT2D eigenvalue weighted by atomic mass is 10.1. The number of hydrogen-bond acceptors (Lipinski definition) is 4. The fourth-order valence-corrected chi connectivity index (χ4v) is 3.29. The molecule has 1 heterocycles. The predicted octanol–water partition coefficient (Wildman–Crippen LogP) is 3.05. The Morgan fingerprint density at radius 3 is 2.77 bits per heavy atom. The number of thioether (sulfide) groups is 1. The van der Waals surface area contributed by atoms with Crippen LogP contribution in [0.4, 0.5) is 4.39 Å². The van der Waals surface area contributed by atoms with E-state index in [1.807, 2.05) is 18.4 Å². The van der Waals surface area contributed by atoms with Crippen molar-refractivity contribution in [1.29, 1.82) is 0 Å². The van der Waals surface area contributed by atoms with E-state index in [9.17, 15) is 9.50 Å². The number of halogens is 1. The Balaban J connectivity index is 1.69. The molecule has 1 aliphatic heterocycles. The van der Waals surface area contributed by atoms with Gasteiger partial charge in [-0.2, -0.15) is 0 Å². The molecule has 2 N–H and O–H groups in total. The van der Waals surface area contributed by atoms with Gasteiger partial charge in [0, 0.05) is 24.0 Å². The van der Waals surface area contributed by atoms with Crippen molar-refractivity contribution >= 4 is 11.8 Å². The quantitative estimate of drug-likeness (QED) is 0.596. The van der Waals surface area contributed by atoms with Gasteiger partial charge in [0.1, 0.15) is 5.82 Å². The largest absolute Gasteiger partial charge is 0.393 e. The number of rotatable bonds is 7. The van der Waals surface area contributed by atoms with E-state index < -0.39 is 0 Å². The van der Waals surface area contributed by atoms with E-state index in [2.05, 4.69) is 17.1 Å². The maximum absolute atomic E-state index is 13.8. The van der Waals surface area contributed by atoms with E-state index in [4.69, 9.17) is 0 Å². The molecule has 3 nitrogen and oxygen atoms in total. The molecule has 1 aromatic rings. The number of piperidine rings is 1. The summed E-state index contributed by atoms with van der Waals surface area (Å²) in [5.74, 6) is -0.134. The number of aliphatic hydroxyl groups excluding tert-OH is 1. The first-order valence-corrected chi connectivity index (χ1v) is 9.30. The summed E-state index contributed by atoms with van der Waals surface area (Å²) in [4.78, 5) is 3.11. The lowest BCUT2D eigenvalue weighted by Gasteiger charge is -2.29. The fourth-order valence-electron chi connectivity index (χ4n) is 2.83. The van der Waals surface area contributed by atoms with Crippen LogP contribution >= 0.6 is 11.8 Å². The normalized spacial score (nSPS) is 18.5. The van der Waals surface area contributed by atoms with Crippen LogP contribution in [0.15, 0.2) is 23.1 Å². The van der Waals surface area contributed by atoms with Crippen molar-refractivity contribution in [1.82, 2.24) is 10.2 Å². The summed E-state index contributed by atoms with van der Waals surface area (Å²) in [6.07, 6.45) is 4.65. The topological polar surface area (TPSA) is 35.5 Å². The highest BCUT2D eigenvalue weighted by atomic mass is 32.2. The summed E-state index contributed by atoms with van der Waals surface area (Å²) in [5.41, 5.74) is 0.997. The third-order valence-electron chi connectivity index (χ3n) is 4.33. The van der Waals surface area contributed by atoms with Crippen molar-refractivity contribution in [2.75, 3.05) is 32.4 Å². The minimum atomic E-state index is -0.134. The Bertz CT molecular complexity index is 464. The molecule has 0 amide bonds. The molecule has 0 bridgehead atoms. The minimum absolute atomic E-state index is 0.103. The Hall–Kier alpha value is -0.620. The molecule has 1 aliphatic rings. The van der Waals surface area contributed by atoms with Crippen LogP contribution in [0.25, 0.3) is 0 Å². The van der Waals surface area contributed by atoms with Crippen molar-refractivity contribution < 1.29 is 9.50 Å². The molecule has 1 unspecified atom stereocenters. The first kappa shape index (κ1) is 17.7. The van der Waals surface area contributed by atoms with Crippen molar-refractivity contribution in [2.24, 2.45) is 0 Å². The zero-order valence-electron chi connectivity index (χ0n) is 13.5. The van der Waals surface area contributed by atoms with Crippen LogP contribution in [0.2, 0.25) is 0 Å². The van der Waals surface area contributed by atoms with Crippen molar-refractivity contribution in [2.45, 2.75) is 43.2 Å². The fraction of sp³-hybridized carbons (Fsp3) is 0.647. The minimum Gasteiger partial charge on any atom is -0.393 e. The van der Waals surface area contributed by atoms with Crippen LogP contribution in [0.5, 0.6) is 0 Å². The molecular weight excluding hydrogens is 299 g/mol. The third-order valence-corrected chi connectivity index (χ3v) is 5.11. The first-order chi connectivity index (χ1) is 10.6. The van der Waals surface area contributed by atoms with Crippen LogP contribution in [-0.2, 0) is 0 Å². The molecule has 1 saturated heterocycles. The SMILES string of the molecule is CSc1ccc(C(C)NCCCN2CCC(O)CC2)cc1F. The highest BCUT2D eigenvalue weighted by molar-refractivity contribution is 7.98. The molecule has 2 rings (SSSR count). The van der Waals surface area contributed by atoms with Gasteiger partial charge in [0.15, 0.2) is 0 Å². The molecule has 0 spiro atoms. The van der Waals surface area contributed by atoms with Gasteiger partial charge in [-0.25, -0.2) is 4.39 Å². The number of nitrogens with zero attached hydrogens (tertiary/aromatic N) is 1. The van der Waals surface area contributed by atoms with Gasteiger partial charge >= 0.3 is 0 Å². The molecule has 0 aromatic heterocycles. The molecule has 0 aliphatic carbocycles. The summed E-state index contributed by atoms with van der Waals surface area (Å²) in [5, 5.41) is 12.9. The van der Waals surface area contributed by atoms with Crippen molar-refractivity contribution in [3.05, 3.63) is 29.6 Å². The highest BCUT2D eigenvalue weighted by Gasteiger charge is 2.16. The summed E-state index contributed by atoms with van der Waals surface area (Å²) in [6.45, 7) is 6.05.